The molecule has 5 heteroatoms. The molecule has 1 heterocycles. The molecular formula is C15H22N2O2S. The van der Waals surface area contributed by atoms with Gasteiger partial charge < -0.3 is 11.1 Å². The number of unbranched alkanes of at least 4 members (excludes halogenated alkanes) is 2. The number of nitrogens with two attached hydrogens (primary N) is 1. The van der Waals surface area contributed by atoms with E-state index in [0.29, 0.717) is 17.0 Å². The van der Waals surface area contributed by atoms with Crippen LogP contribution in [-0.2, 0) is 17.6 Å². The van der Waals surface area contributed by atoms with E-state index in [1.165, 1.54) is 16.2 Å². The maximum Gasteiger partial charge on any atom is 0.251 e. The van der Waals surface area contributed by atoms with E-state index in [2.05, 4.69) is 12.2 Å². The SMILES string of the molecule is CCCCCC(=O)Nc1sc2c(c1C(N)=O)CCCC2. The standard InChI is InChI=1S/C15H22N2O2S/c1-2-3-4-9-12(18)17-15-13(14(16)19)10-7-5-6-8-11(10)20-15/h2-9H2,1H3,(H2,16,19)(H,17,18). The molecule has 0 fully saturated rings. The molecule has 1 aromatic heterocycles. The number of thiophene rings is 1. The predicted molar refractivity (Wildman–Crippen MR) is 82.3 cm³/mol. The molecule has 0 atom stereocenters. The molecular weight excluding hydrogens is 272 g/mol. The zero-order valence-electron chi connectivity index (χ0n) is 12.0. The Labute approximate surface area is 123 Å². The van der Waals surface area contributed by atoms with Gasteiger partial charge in [0.25, 0.3) is 5.91 Å². The molecule has 0 radical (unpaired) electrons. The Morgan fingerprint density at radius 1 is 1.25 bits per heavy atom. The molecule has 0 saturated carbocycles. The quantitative estimate of drug-likeness (QED) is 0.790. The Morgan fingerprint density at radius 3 is 2.70 bits per heavy atom. The number of amides is 2. The van der Waals surface area contributed by atoms with Crippen LogP contribution in [0.25, 0.3) is 0 Å². The fourth-order valence-electron chi connectivity index (χ4n) is 2.64. The third-order valence-corrected chi connectivity index (χ3v) is 4.89. The monoisotopic (exact) mass is 294 g/mol. The second-order valence-corrected chi connectivity index (χ2v) is 6.39. The molecule has 0 unspecified atom stereocenters. The van der Waals surface area contributed by atoms with Crippen molar-refractivity contribution in [1.29, 1.82) is 0 Å². The van der Waals surface area contributed by atoms with Crippen LogP contribution in [0.4, 0.5) is 5.00 Å². The van der Waals surface area contributed by atoms with E-state index in [1.807, 2.05) is 0 Å². The highest BCUT2D eigenvalue weighted by Gasteiger charge is 2.24. The molecule has 0 aromatic carbocycles. The van der Waals surface area contributed by atoms with Gasteiger partial charge in [-0.2, -0.15) is 0 Å². The van der Waals surface area contributed by atoms with Gasteiger partial charge in [0.15, 0.2) is 0 Å². The van der Waals surface area contributed by atoms with Gasteiger partial charge in [-0.15, -0.1) is 11.3 Å². The van der Waals surface area contributed by atoms with Crippen LogP contribution in [0.1, 0.15) is 66.2 Å². The van der Waals surface area contributed by atoms with Crippen LogP contribution in [0.15, 0.2) is 0 Å². The van der Waals surface area contributed by atoms with Crippen LogP contribution in [0, 0.1) is 0 Å². The van der Waals surface area contributed by atoms with Crippen LogP contribution in [0.3, 0.4) is 0 Å². The highest BCUT2D eigenvalue weighted by atomic mass is 32.1. The summed E-state index contributed by atoms with van der Waals surface area (Å²) >= 11 is 1.53. The van der Waals surface area contributed by atoms with Gasteiger partial charge in [-0.05, 0) is 37.7 Å². The number of rotatable bonds is 6. The van der Waals surface area contributed by atoms with Crippen LogP contribution >= 0.6 is 11.3 Å². The van der Waals surface area contributed by atoms with Crippen molar-refractivity contribution in [3.8, 4) is 0 Å². The predicted octanol–water partition coefficient (Wildman–Crippen LogP) is 3.24. The van der Waals surface area contributed by atoms with Crippen LogP contribution < -0.4 is 11.1 Å². The highest BCUT2D eigenvalue weighted by Crippen LogP contribution is 2.37. The Hall–Kier alpha value is -1.36. The largest absolute Gasteiger partial charge is 0.365 e. The number of fused-ring (bicyclic) bond motifs is 1. The second kappa shape index (κ2) is 6.88. The Bertz CT molecular complexity index is 508. The lowest BCUT2D eigenvalue weighted by Crippen LogP contribution is -2.18. The first-order valence-electron chi connectivity index (χ1n) is 7.37. The zero-order chi connectivity index (χ0) is 14.5. The number of anilines is 1. The summed E-state index contributed by atoms with van der Waals surface area (Å²) in [4.78, 5) is 24.8. The molecule has 2 rings (SSSR count). The fraction of sp³-hybridized carbons (Fsp3) is 0.600. The summed E-state index contributed by atoms with van der Waals surface area (Å²) in [5.41, 5.74) is 7.11. The van der Waals surface area contributed by atoms with Crippen molar-refractivity contribution < 1.29 is 9.59 Å². The van der Waals surface area contributed by atoms with Gasteiger partial charge in [-0.25, -0.2) is 0 Å². The Balaban J connectivity index is 2.12. The highest BCUT2D eigenvalue weighted by molar-refractivity contribution is 7.17. The average molecular weight is 294 g/mol. The van der Waals surface area contributed by atoms with Crippen molar-refractivity contribution in [2.75, 3.05) is 5.32 Å². The number of carbonyl (C=O) groups is 2. The topological polar surface area (TPSA) is 72.2 Å². The third kappa shape index (κ3) is 3.39. The van der Waals surface area contributed by atoms with Crippen LogP contribution in [0.5, 0.6) is 0 Å². The van der Waals surface area contributed by atoms with Gasteiger partial charge in [-0.3, -0.25) is 9.59 Å². The summed E-state index contributed by atoms with van der Waals surface area (Å²) in [5.74, 6) is -0.437. The van der Waals surface area contributed by atoms with Gasteiger partial charge >= 0.3 is 0 Å². The number of hydrogen-bond acceptors (Lipinski definition) is 3. The van der Waals surface area contributed by atoms with Crippen molar-refractivity contribution in [3.63, 3.8) is 0 Å². The molecule has 3 N–H and O–H groups in total. The third-order valence-electron chi connectivity index (χ3n) is 3.68. The minimum Gasteiger partial charge on any atom is -0.365 e. The minimum atomic E-state index is -0.423. The summed E-state index contributed by atoms with van der Waals surface area (Å²) in [6.07, 6.45) is 7.67. The van der Waals surface area contributed by atoms with E-state index in [9.17, 15) is 9.59 Å². The lowest BCUT2D eigenvalue weighted by atomic mass is 9.95. The molecule has 0 aliphatic heterocycles. The Morgan fingerprint density at radius 2 is 2.00 bits per heavy atom. The summed E-state index contributed by atoms with van der Waals surface area (Å²) < 4.78 is 0. The van der Waals surface area contributed by atoms with E-state index in [-0.39, 0.29) is 5.91 Å². The first kappa shape index (κ1) is 15.0. The van der Waals surface area contributed by atoms with E-state index in [4.69, 9.17) is 5.73 Å². The fourth-order valence-corrected chi connectivity index (χ4v) is 3.95. The molecule has 4 nitrogen and oxygen atoms in total. The van der Waals surface area contributed by atoms with Crippen LogP contribution in [-0.4, -0.2) is 11.8 Å². The first-order chi connectivity index (χ1) is 9.63. The maximum atomic E-state index is 11.9. The molecule has 1 aliphatic carbocycles. The summed E-state index contributed by atoms with van der Waals surface area (Å²) in [6.45, 7) is 2.11. The molecule has 2 amide bonds. The second-order valence-electron chi connectivity index (χ2n) is 5.28. The first-order valence-corrected chi connectivity index (χ1v) is 8.19. The summed E-state index contributed by atoms with van der Waals surface area (Å²) in [7, 11) is 0. The average Bonchev–Trinajstić information content (AvgIpc) is 2.76. The van der Waals surface area contributed by atoms with Crippen LogP contribution in [0.2, 0.25) is 0 Å². The molecule has 110 valence electrons. The van der Waals surface area contributed by atoms with Gasteiger partial charge in [0.2, 0.25) is 5.91 Å². The van der Waals surface area contributed by atoms with Gasteiger partial charge in [0.05, 0.1) is 5.56 Å². The number of nitrogens with one attached hydrogen (secondary N) is 1. The number of primary amides is 1. The van der Waals surface area contributed by atoms with Gasteiger partial charge in [0.1, 0.15) is 5.00 Å². The molecule has 0 bridgehead atoms. The normalized spacial score (nSPS) is 13.8. The van der Waals surface area contributed by atoms with E-state index in [1.54, 1.807) is 0 Å². The van der Waals surface area contributed by atoms with Crippen molar-refractivity contribution in [2.45, 2.75) is 58.3 Å². The van der Waals surface area contributed by atoms with E-state index < -0.39 is 5.91 Å². The summed E-state index contributed by atoms with van der Waals surface area (Å²) in [6, 6.07) is 0. The zero-order valence-corrected chi connectivity index (χ0v) is 12.8. The van der Waals surface area contributed by atoms with Crippen molar-refractivity contribution in [3.05, 3.63) is 16.0 Å². The van der Waals surface area contributed by atoms with Crippen molar-refractivity contribution >= 4 is 28.2 Å². The molecule has 1 aromatic rings. The molecule has 20 heavy (non-hydrogen) atoms. The minimum absolute atomic E-state index is 0.0143. The number of hydrogen-bond donors (Lipinski definition) is 2. The number of carbonyl (C=O) groups excluding carboxylic acids is 2. The van der Waals surface area contributed by atoms with Crippen molar-refractivity contribution in [1.82, 2.24) is 0 Å². The molecule has 0 saturated heterocycles. The maximum absolute atomic E-state index is 11.9. The molecule has 1 aliphatic rings. The van der Waals surface area contributed by atoms with Gasteiger partial charge in [-0.1, -0.05) is 19.8 Å². The lowest BCUT2D eigenvalue weighted by Gasteiger charge is -2.11. The smallest absolute Gasteiger partial charge is 0.251 e. The van der Waals surface area contributed by atoms with Crippen molar-refractivity contribution in [2.24, 2.45) is 5.73 Å². The van der Waals surface area contributed by atoms with E-state index in [0.717, 1.165) is 50.5 Å². The summed E-state index contributed by atoms with van der Waals surface area (Å²) in [5, 5.41) is 3.54. The van der Waals surface area contributed by atoms with E-state index >= 15 is 0 Å². The Kier molecular flexibility index (Phi) is 5.17. The van der Waals surface area contributed by atoms with Gasteiger partial charge in [0, 0.05) is 11.3 Å². The number of aryl methyl sites for hydroxylation is 1. The lowest BCUT2D eigenvalue weighted by molar-refractivity contribution is -0.116. The molecule has 0 spiro atoms.